The number of carboxylic acid groups (broad SMARTS) is 1. The molecule has 2 atom stereocenters. The second kappa shape index (κ2) is 6.53. The monoisotopic (exact) mass is 293 g/mol. The molecule has 0 aromatic heterocycles. The van der Waals surface area contributed by atoms with E-state index in [1.807, 2.05) is 31.5 Å². The summed E-state index contributed by atoms with van der Waals surface area (Å²) in [5.41, 5.74) is 1.29. The molecule has 0 amide bonds. The van der Waals surface area contributed by atoms with Gasteiger partial charge in [-0.1, -0.05) is 25.8 Å². The van der Waals surface area contributed by atoms with Crippen molar-refractivity contribution in [1.82, 2.24) is 0 Å². The molecule has 2 rings (SSSR count). The molecule has 1 aromatic rings. The lowest BCUT2D eigenvalue weighted by molar-refractivity contribution is 0.0693. The molecule has 20 heavy (non-hydrogen) atoms. The van der Waals surface area contributed by atoms with Crippen molar-refractivity contribution in [3.63, 3.8) is 0 Å². The van der Waals surface area contributed by atoms with Gasteiger partial charge in [0, 0.05) is 18.0 Å². The number of carboxylic acids is 1. The number of carbonyl (C=O) groups is 1. The van der Waals surface area contributed by atoms with Crippen LogP contribution in [0, 0.1) is 5.92 Å². The molecule has 0 aliphatic heterocycles. The minimum atomic E-state index is -0.833. The van der Waals surface area contributed by atoms with Gasteiger partial charge in [-0.3, -0.25) is 0 Å². The Hall–Kier alpha value is -1.16. The van der Waals surface area contributed by atoms with E-state index in [1.165, 1.54) is 31.0 Å². The smallest absolute Gasteiger partial charge is 0.338 e. The van der Waals surface area contributed by atoms with Crippen LogP contribution in [0.2, 0.25) is 0 Å². The molecule has 1 N–H and O–H groups in total. The first-order valence-electron chi connectivity index (χ1n) is 7.19. The highest BCUT2D eigenvalue weighted by Crippen LogP contribution is 2.35. The molecule has 1 aliphatic rings. The Morgan fingerprint density at radius 2 is 2.05 bits per heavy atom. The Morgan fingerprint density at radius 1 is 1.35 bits per heavy atom. The zero-order chi connectivity index (χ0) is 14.7. The second-order valence-electron chi connectivity index (χ2n) is 5.60. The van der Waals surface area contributed by atoms with Gasteiger partial charge in [0.15, 0.2) is 0 Å². The van der Waals surface area contributed by atoms with Crippen molar-refractivity contribution in [1.29, 1.82) is 0 Å². The molecule has 3 nitrogen and oxygen atoms in total. The van der Waals surface area contributed by atoms with Crippen molar-refractivity contribution in [2.75, 3.05) is 18.2 Å². The lowest BCUT2D eigenvalue weighted by atomic mass is 9.84. The Bertz CT molecular complexity index is 489. The minimum absolute atomic E-state index is 0.443. The largest absolute Gasteiger partial charge is 0.478 e. The summed E-state index contributed by atoms with van der Waals surface area (Å²) in [6.07, 6.45) is 6.85. The van der Waals surface area contributed by atoms with Crippen LogP contribution in [0.4, 0.5) is 5.69 Å². The third-order valence-corrected chi connectivity index (χ3v) is 5.16. The highest BCUT2D eigenvalue weighted by molar-refractivity contribution is 7.98. The highest BCUT2D eigenvalue weighted by Gasteiger charge is 2.28. The number of anilines is 1. The average molecular weight is 293 g/mol. The molecule has 2 unspecified atom stereocenters. The van der Waals surface area contributed by atoms with E-state index in [0.29, 0.717) is 17.5 Å². The summed E-state index contributed by atoms with van der Waals surface area (Å²) in [7, 11) is 2.04. The number of aromatic carboxylic acids is 1. The van der Waals surface area contributed by atoms with E-state index in [0.717, 1.165) is 17.0 Å². The zero-order valence-electron chi connectivity index (χ0n) is 12.4. The molecule has 0 bridgehead atoms. The van der Waals surface area contributed by atoms with E-state index in [1.54, 1.807) is 0 Å². The first-order chi connectivity index (χ1) is 9.56. The van der Waals surface area contributed by atoms with Crippen molar-refractivity contribution < 1.29 is 9.90 Å². The molecule has 1 saturated carbocycles. The molecule has 1 aromatic carbocycles. The van der Waals surface area contributed by atoms with Crippen molar-refractivity contribution >= 4 is 23.4 Å². The predicted molar refractivity (Wildman–Crippen MR) is 85.0 cm³/mol. The van der Waals surface area contributed by atoms with Crippen LogP contribution >= 0.6 is 11.8 Å². The highest BCUT2D eigenvalue weighted by atomic mass is 32.2. The van der Waals surface area contributed by atoms with Crippen molar-refractivity contribution in [2.24, 2.45) is 5.92 Å². The van der Waals surface area contributed by atoms with Crippen molar-refractivity contribution in [3.05, 3.63) is 23.8 Å². The maximum Gasteiger partial charge on any atom is 0.338 e. The van der Waals surface area contributed by atoms with Crippen LogP contribution in [-0.4, -0.2) is 30.4 Å². The Balaban J connectivity index is 2.38. The van der Waals surface area contributed by atoms with Crippen LogP contribution in [0.3, 0.4) is 0 Å². The topological polar surface area (TPSA) is 40.5 Å². The van der Waals surface area contributed by atoms with Gasteiger partial charge in [0.2, 0.25) is 0 Å². The minimum Gasteiger partial charge on any atom is -0.478 e. The quantitative estimate of drug-likeness (QED) is 0.848. The van der Waals surface area contributed by atoms with Gasteiger partial charge < -0.3 is 10.0 Å². The summed E-state index contributed by atoms with van der Waals surface area (Å²) in [5, 5.41) is 9.55. The maximum atomic E-state index is 11.6. The second-order valence-corrected chi connectivity index (χ2v) is 6.45. The van der Waals surface area contributed by atoms with Crippen LogP contribution in [0.1, 0.15) is 43.0 Å². The molecule has 1 fully saturated rings. The molecule has 0 spiro atoms. The average Bonchev–Trinajstić information content (AvgIpc) is 2.46. The molecular formula is C16H23NO2S. The lowest BCUT2D eigenvalue weighted by Gasteiger charge is -2.38. The van der Waals surface area contributed by atoms with Crippen LogP contribution in [0.25, 0.3) is 0 Å². The molecule has 110 valence electrons. The van der Waals surface area contributed by atoms with Crippen LogP contribution in [0.15, 0.2) is 23.1 Å². The van der Waals surface area contributed by atoms with Crippen LogP contribution in [0.5, 0.6) is 0 Å². The fourth-order valence-electron chi connectivity index (χ4n) is 3.25. The van der Waals surface area contributed by atoms with Gasteiger partial charge in [-0.05, 0) is 37.1 Å². The Kier molecular flexibility index (Phi) is 4.97. The van der Waals surface area contributed by atoms with Gasteiger partial charge in [0.1, 0.15) is 0 Å². The lowest BCUT2D eigenvalue weighted by Crippen LogP contribution is -2.39. The van der Waals surface area contributed by atoms with E-state index in [4.69, 9.17) is 0 Å². The Morgan fingerprint density at radius 3 is 2.65 bits per heavy atom. The van der Waals surface area contributed by atoms with Crippen LogP contribution in [-0.2, 0) is 0 Å². The zero-order valence-corrected chi connectivity index (χ0v) is 13.2. The summed E-state index contributed by atoms with van der Waals surface area (Å²) in [6, 6.07) is 6.22. The molecule has 1 aliphatic carbocycles. The standard InChI is InChI=1S/C16H23NO2S/c1-11-7-4-5-8-12(11)17(2)13-9-6-10-14(20-3)15(13)16(18)19/h6,9-12H,4-5,7-8H2,1-3H3,(H,18,19). The van der Waals surface area contributed by atoms with Gasteiger partial charge in [-0.25, -0.2) is 4.79 Å². The fraction of sp³-hybridized carbons (Fsp3) is 0.562. The summed E-state index contributed by atoms with van der Waals surface area (Å²) >= 11 is 1.50. The fourth-order valence-corrected chi connectivity index (χ4v) is 3.86. The van der Waals surface area contributed by atoms with E-state index in [-0.39, 0.29) is 0 Å². The van der Waals surface area contributed by atoms with Gasteiger partial charge in [-0.15, -0.1) is 11.8 Å². The number of benzene rings is 1. The van der Waals surface area contributed by atoms with Gasteiger partial charge >= 0.3 is 5.97 Å². The predicted octanol–water partition coefficient (Wildman–Crippen LogP) is 4.12. The summed E-state index contributed by atoms with van der Waals surface area (Å²) < 4.78 is 0. The number of thioether (sulfide) groups is 1. The first kappa shape index (κ1) is 15.2. The third kappa shape index (κ3) is 2.95. The van der Waals surface area contributed by atoms with Gasteiger partial charge in [0.25, 0.3) is 0 Å². The summed E-state index contributed by atoms with van der Waals surface area (Å²) in [6.45, 7) is 2.28. The van der Waals surface area contributed by atoms with E-state index in [2.05, 4.69) is 11.8 Å². The van der Waals surface area contributed by atoms with Gasteiger partial charge in [-0.2, -0.15) is 0 Å². The molecule has 0 radical (unpaired) electrons. The number of nitrogens with zero attached hydrogens (tertiary/aromatic N) is 1. The van der Waals surface area contributed by atoms with Crippen LogP contribution < -0.4 is 4.90 Å². The normalized spacial score (nSPS) is 22.6. The first-order valence-corrected chi connectivity index (χ1v) is 8.42. The molecule has 0 heterocycles. The van der Waals surface area contributed by atoms with E-state index < -0.39 is 5.97 Å². The maximum absolute atomic E-state index is 11.6. The van der Waals surface area contributed by atoms with E-state index >= 15 is 0 Å². The molecular weight excluding hydrogens is 270 g/mol. The van der Waals surface area contributed by atoms with Gasteiger partial charge in [0.05, 0.1) is 11.3 Å². The number of hydrogen-bond acceptors (Lipinski definition) is 3. The molecule has 4 heteroatoms. The van der Waals surface area contributed by atoms with Crippen molar-refractivity contribution in [2.45, 2.75) is 43.5 Å². The number of rotatable bonds is 4. The number of hydrogen-bond donors (Lipinski definition) is 1. The summed E-state index contributed by atoms with van der Waals surface area (Å²) in [5.74, 6) is -0.214. The van der Waals surface area contributed by atoms with E-state index in [9.17, 15) is 9.90 Å². The third-order valence-electron chi connectivity index (χ3n) is 4.38. The summed E-state index contributed by atoms with van der Waals surface area (Å²) in [4.78, 5) is 14.7. The Labute approximate surface area is 125 Å². The SMILES string of the molecule is CSc1cccc(N(C)C2CCCCC2C)c1C(=O)O. The molecule has 0 saturated heterocycles. The van der Waals surface area contributed by atoms with Crippen molar-refractivity contribution in [3.8, 4) is 0 Å².